The highest BCUT2D eigenvalue weighted by Gasteiger charge is 2.17. The van der Waals surface area contributed by atoms with Gasteiger partial charge in [-0.25, -0.2) is 15.0 Å². The molecule has 7 aromatic carbocycles. The maximum absolute atomic E-state index is 6.30. The fraction of sp³-hybridized carbons (Fsp3) is 0.0250. The molecule has 0 radical (unpaired) electrons. The normalized spacial score (nSPS) is 11.8. The van der Waals surface area contributed by atoms with Crippen LogP contribution in [-0.2, 0) is 0 Å². The fourth-order valence-electron chi connectivity index (χ4n) is 6.41. The van der Waals surface area contributed by atoms with Crippen LogP contribution in [0, 0.1) is 6.92 Å². The number of aryl methyl sites for hydroxylation is 1. The molecule has 0 saturated carbocycles. The Balaban J connectivity index is 1.34. The van der Waals surface area contributed by atoms with Crippen molar-refractivity contribution in [1.29, 1.82) is 0 Å². The summed E-state index contributed by atoms with van der Waals surface area (Å²) in [6.07, 6.45) is 0. The molecule has 9 aromatic rings. The lowest BCUT2D eigenvalue weighted by Crippen LogP contribution is -2.00. The maximum atomic E-state index is 6.30. The number of benzene rings is 7. The molecule has 0 spiro atoms. The van der Waals surface area contributed by atoms with Crippen molar-refractivity contribution in [3.05, 3.63) is 139 Å². The van der Waals surface area contributed by atoms with E-state index in [2.05, 4.69) is 67.6 Å². The summed E-state index contributed by atoms with van der Waals surface area (Å²) in [6, 6.07) is 46.3. The molecule has 9 rings (SSSR count). The minimum atomic E-state index is 0.650. The van der Waals surface area contributed by atoms with Gasteiger partial charge in [0.15, 0.2) is 17.5 Å². The van der Waals surface area contributed by atoms with E-state index in [4.69, 9.17) is 19.4 Å². The largest absolute Gasteiger partial charge is 0.456 e. The van der Waals surface area contributed by atoms with E-state index < -0.39 is 0 Å². The van der Waals surface area contributed by atoms with E-state index in [1.807, 2.05) is 72.8 Å². The van der Waals surface area contributed by atoms with Crippen LogP contribution in [0.5, 0.6) is 0 Å². The summed E-state index contributed by atoms with van der Waals surface area (Å²) in [5.41, 5.74) is 5.89. The molecule has 4 heteroatoms. The monoisotopic (exact) mass is 563 g/mol. The first-order valence-corrected chi connectivity index (χ1v) is 14.8. The molecule has 0 aliphatic carbocycles. The Bertz CT molecular complexity index is 2490. The van der Waals surface area contributed by atoms with Crippen LogP contribution >= 0.6 is 0 Å². The van der Waals surface area contributed by atoms with Crippen molar-refractivity contribution in [1.82, 2.24) is 15.0 Å². The zero-order valence-corrected chi connectivity index (χ0v) is 24.0. The Morgan fingerprint density at radius 2 is 0.909 bits per heavy atom. The molecule has 2 aromatic heterocycles. The first-order valence-electron chi connectivity index (χ1n) is 14.8. The number of rotatable bonds is 3. The summed E-state index contributed by atoms with van der Waals surface area (Å²) >= 11 is 0. The van der Waals surface area contributed by atoms with Gasteiger partial charge >= 0.3 is 0 Å². The smallest absolute Gasteiger partial charge is 0.164 e. The third-order valence-corrected chi connectivity index (χ3v) is 8.54. The molecule has 0 saturated heterocycles. The molecule has 0 fully saturated rings. The standard InChI is InChI=1S/C40H25N3O/c1-24-16-18-28-31(20-24)32-21-27(17-19-29(32)33-22-35-30-14-8-9-15-36(30)44-37(35)23-34(28)33)40-42-38(25-10-4-2-5-11-25)41-39(43-40)26-12-6-3-7-13-26/h2-23H,1H3. The molecular formula is C40H25N3O. The van der Waals surface area contributed by atoms with E-state index in [1.165, 1.54) is 37.9 Å². The van der Waals surface area contributed by atoms with E-state index >= 15 is 0 Å². The van der Waals surface area contributed by atoms with Gasteiger partial charge in [-0.2, -0.15) is 0 Å². The van der Waals surface area contributed by atoms with Gasteiger partial charge in [0, 0.05) is 27.5 Å². The number of hydrogen-bond donors (Lipinski definition) is 0. The van der Waals surface area contributed by atoms with Crippen molar-refractivity contribution >= 4 is 54.3 Å². The summed E-state index contributed by atoms with van der Waals surface area (Å²) in [6.45, 7) is 2.14. The molecule has 0 aliphatic heterocycles. The lowest BCUT2D eigenvalue weighted by Gasteiger charge is -2.13. The predicted octanol–water partition coefficient (Wildman–Crippen LogP) is 10.5. The van der Waals surface area contributed by atoms with E-state index in [0.29, 0.717) is 17.5 Å². The maximum Gasteiger partial charge on any atom is 0.164 e. The highest BCUT2D eigenvalue weighted by molar-refractivity contribution is 6.28. The van der Waals surface area contributed by atoms with Crippen LogP contribution in [0.15, 0.2) is 138 Å². The lowest BCUT2D eigenvalue weighted by molar-refractivity contribution is 0.669. The summed E-state index contributed by atoms with van der Waals surface area (Å²) in [5.74, 6) is 1.96. The van der Waals surface area contributed by atoms with Crippen LogP contribution in [0.1, 0.15) is 5.56 Å². The summed E-state index contributed by atoms with van der Waals surface area (Å²) < 4.78 is 6.30. The zero-order valence-electron chi connectivity index (χ0n) is 24.0. The first kappa shape index (κ1) is 24.7. The summed E-state index contributed by atoms with van der Waals surface area (Å²) in [5, 5.41) is 9.40. The third-order valence-electron chi connectivity index (χ3n) is 8.54. The summed E-state index contributed by atoms with van der Waals surface area (Å²) in [7, 11) is 0. The van der Waals surface area contributed by atoms with Gasteiger partial charge in [-0.05, 0) is 63.5 Å². The van der Waals surface area contributed by atoms with Gasteiger partial charge in [-0.3, -0.25) is 0 Å². The van der Waals surface area contributed by atoms with Crippen LogP contribution in [0.4, 0.5) is 0 Å². The average Bonchev–Trinajstić information content (AvgIpc) is 3.45. The molecular weight excluding hydrogens is 538 g/mol. The van der Waals surface area contributed by atoms with E-state index in [1.54, 1.807) is 0 Å². The molecule has 206 valence electrons. The molecule has 4 nitrogen and oxygen atoms in total. The molecule has 2 heterocycles. The Hall–Kier alpha value is -5.87. The third kappa shape index (κ3) is 3.89. The fourth-order valence-corrected chi connectivity index (χ4v) is 6.41. The van der Waals surface area contributed by atoms with E-state index in [9.17, 15) is 0 Å². The second-order valence-corrected chi connectivity index (χ2v) is 11.3. The number of fused-ring (bicyclic) bond motifs is 9. The molecule has 0 N–H and O–H groups in total. The van der Waals surface area contributed by atoms with Gasteiger partial charge in [0.2, 0.25) is 0 Å². The zero-order chi connectivity index (χ0) is 29.2. The number of nitrogens with zero attached hydrogens (tertiary/aromatic N) is 3. The minimum absolute atomic E-state index is 0.650. The molecule has 0 unspecified atom stereocenters. The number of aromatic nitrogens is 3. The molecule has 0 aliphatic rings. The Kier molecular flexibility index (Phi) is 5.38. The Morgan fingerprint density at radius 1 is 0.364 bits per heavy atom. The first-order chi connectivity index (χ1) is 21.7. The van der Waals surface area contributed by atoms with Crippen LogP contribution in [0.25, 0.3) is 88.4 Å². The van der Waals surface area contributed by atoms with Gasteiger partial charge in [0.1, 0.15) is 11.2 Å². The van der Waals surface area contributed by atoms with Gasteiger partial charge in [-0.1, -0.05) is 115 Å². The van der Waals surface area contributed by atoms with Gasteiger partial charge in [0.05, 0.1) is 0 Å². The molecule has 0 amide bonds. The minimum Gasteiger partial charge on any atom is -0.456 e. The SMILES string of the molecule is Cc1ccc2c(c1)c1cc(-c3nc(-c4ccccc4)nc(-c4ccccc4)n3)ccc1c1cc3c(cc21)oc1ccccc13. The van der Waals surface area contributed by atoms with Crippen LogP contribution in [0.2, 0.25) is 0 Å². The van der Waals surface area contributed by atoms with Gasteiger partial charge in [-0.15, -0.1) is 0 Å². The van der Waals surface area contributed by atoms with Crippen molar-refractivity contribution in [3.63, 3.8) is 0 Å². The van der Waals surface area contributed by atoms with E-state index in [-0.39, 0.29) is 0 Å². The Morgan fingerprint density at radius 3 is 1.61 bits per heavy atom. The lowest BCUT2D eigenvalue weighted by atomic mass is 9.91. The average molecular weight is 564 g/mol. The van der Waals surface area contributed by atoms with Crippen molar-refractivity contribution in [2.24, 2.45) is 0 Å². The number of para-hydroxylation sites is 1. The second kappa shape index (κ2) is 9.58. The predicted molar refractivity (Wildman–Crippen MR) is 181 cm³/mol. The summed E-state index contributed by atoms with van der Waals surface area (Å²) in [4.78, 5) is 14.9. The van der Waals surface area contributed by atoms with E-state index in [0.717, 1.165) is 38.6 Å². The number of hydrogen-bond acceptors (Lipinski definition) is 4. The van der Waals surface area contributed by atoms with Crippen LogP contribution in [-0.4, -0.2) is 15.0 Å². The van der Waals surface area contributed by atoms with Crippen LogP contribution in [0.3, 0.4) is 0 Å². The highest BCUT2D eigenvalue weighted by atomic mass is 16.3. The molecule has 0 atom stereocenters. The van der Waals surface area contributed by atoms with Gasteiger partial charge in [0.25, 0.3) is 0 Å². The van der Waals surface area contributed by atoms with Crippen molar-refractivity contribution in [3.8, 4) is 34.2 Å². The van der Waals surface area contributed by atoms with Crippen molar-refractivity contribution < 1.29 is 4.42 Å². The second-order valence-electron chi connectivity index (χ2n) is 11.3. The Labute approximate surface area is 253 Å². The van der Waals surface area contributed by atoms with Gasteiger partial charge < -0.3 is 4.42 Å². The van der Waals surface area contributed by atoms with Crippen LogP contribution < -0.4 is 0 Å². The van der Waals surface area contributed by atoms with Crippen molar-refractivity contribution in [2.75, 3.05) is 0 Å². The van der Waals surface area contributed by atoms with Crippen molar-refractivity contribution in [2.45, 2.75) is 6.92 Å². The molecule has 44 heavy (non-hydrogen) atoms. The topological polar surface area (TPSA) is 51.8 Å². The molecule has 0 bridgehead atoms. The number of furan rings is 1. The highest BCUT2D eigenvalue weighted by Crippen LogP contribution is 2.41. The quantitative estimate of drug-likeness (QED) is 0.201.